The maximum atomic E-state index is 6.05. The van der Waals surface area contributed by atoms with Crippen molar-refractivity contribution in [1.82, 2.24) is 20.2 Å². The van der Waals surface area contributed by atoms with Crippen molar-refractivity contribution in [3.8, 4) is 0 Å². The molecule has 0 fully saturated rings. The van der Waals surface area contributed by atoms with Crippen LogP contribution in [0, 0.1) is 0 Å². The SMILES string of the molecule is Cn1nnc(CC(N)CSc2cccc(Br)c2)n1. The highest BCUT2D eigenvalue weighted by Crippen LogP contribution is 2.22. The van der Waals surface area contributed by atoms with Crippen LogP contribution in [0.2, 0.25) is 0 Å². The van der Waals surface area contributed by atoms with Crippen LogP contribution in [0.5, 0.6) is 0 Å². The van der Waals surface area contributed by atoms with Gasteiger partial charge in [-0.2, -0.15) is 4.80 Å². The van der Waals surface area contributed by atoms with Gasteiger partial charge in [0.05, 0.1) is 7.05 Å². The summed E-state index contributed by atoms with van der Waals surface area (Å²) in [5.74, 6) is 1.52. The van der Waals surface area contributed by atoms with Gasteiger partial charge in [-0.15, -0.1) is 22.0 Å². The zero-order chi connectivity index (χ0) is 13.0. The van der Waals surface area contributed by atoms with E-state index in [1.54, 1.807) is 18.8 Å². The second-order valence-electron chi connectivity index (χ2n) is 3.93. The van der Waals surface area contributed by atoms with Gasteiger partial charge in [0.2, 0.25) is 0 Å². The molecule has 1 aromatic heterocycles. The van der Waals surface area contributed by atoms with Gasteiger partial charge in [-0.3, -0.25) is 0 Å². The zero-order valence-electron chi connectivity index (χ0n) is 9.95. The number of thioether (sulfide) groups is 1. The highest BCUT2D eigenvalue weighted by molar-refractivity contribution is 9.10. The highest BCUT2D eigenvalue weighted by Gasteiger charge is 2.09. The van der Waals surface area contributed by atoms with E-state index in [-0.39, 0.29) is 6.04 Å². The van der Waals surface area contributed by atoms with Crippen LogP contribution in [0.15, 0.2) is 33.6 Å². The minimum Gasteiger partial charge on any atom is -0.327 e. The number of nitrogens with two attached hydrogens (primary N) is 1. The first kappa shape index (κ1) is 13.5. The van der Waals surface area contributed by atoms with Crippen LogP contribution in [0.3, 0.4) is 0 Å². The number of aromatic nitrogens is 4. The minimum atomic E-state index is 0.0261. The van der Waals surface area contributed by atoms with Crippen LogP contribution in [-0.2, 0) is 13.5 Å². The molecule has 0 aliphatic heterocycles. The Morgan fingerprint density at radius 2 is 2.33 bits per heavy atom. The van der Waals surface area contributed by atoms with Gasteiger partial charge < -0.3 is 5.73 Å². The molecule has 0 amide bonds. The molecule has 0 aliphatic carbocycles. The van der Waals surface area contributed by atoms with Crippen LogP contribution >= 0.6 is 27.7 Å². The van der Waals surface area contributed by atoms with E-state index in [0.29, 0.717) is 12.2 Å². The molecule has 0 radical (unpaired) electrons. The highest BCUT2D eigenvalue weighted by atomic mass is 79.9. The molecule has 1 heterocycles. The average Bonchev–Trinajstić information content (AvgIpc) is 2.72. The van der Waals surface area contributed by atoms with Crippen LogP contribution in [0.4, 0.5) is 0 Å². The summed E-state index contributed by atoms with van der Waals surface area (Å²) in [6, 6.07) is 8.20. The van der Waals surface area contributed by atoms with Gasteiger partial charge in [0.1, 0.15) is 0 Å². The van der Waals surface area contributed by atoms with E-state index in [4.69, 9.17) is 5.73 Å². The predicted molar refractivity (Wildman–Crippen MR) is 75.3 cm³/mol. The van der Waals surface area contributed by atoms with Gasteiger partial charge in [-0.05, 0) is 23.4 Å². The number of benzene rings is 1. The smallest absolute Gasteiger partial charge is 0.176 e. The van der Waals surface area contributed by atoms with Crippen molar-refractivity contribution in [2.24, 2.45) is 12.8 Å². The van der Waals surface area contributed by atoms with Crippen molar-refractivity contribution >= 4 is 27.7 Å². The Kier molecular flexibility index (Phi) is 4.73. The Hall–Kier alpha value is -0.920. The molecule has 0 aliphatic rings. The molecule has 0 saturated heterocycles. The van der Waals surface area contributed by atoms with E-state index in [0.717, 1.165) is 10.2 Å². The molecule has 18 heavy (non-hydrogen) atoms. The van der Waals surface area contributed by atoms with Gasteiger partial charge >= 0.3 is 0 Å². The third-order valence-electron chi connectivity index (χ3n) is 2.25. The van der Waals surface area contributed by atoms with Crippen LogP contribution in [0.25, 0.3) is 0 Å². The van der Waals surface area contributed by atoms with Gasteiger partial charge in [-0.1, -0.05) is 22.0 Å². The van der Waals surface area contributed by atoms with Crippen molar-refractivity contribution in [3.05, 3.63) is 34.6 Å². The Balaban J connectivity index is 1.83. The van der Waals surface area contributed by atoms with Gasteiger partial charge in [0, 0.05) is 27.6 Å². The number of halogens is 1. The number of rotatable bonds is 5. The van der Waals surface area contributed by atoms with Gasteiger partial charge in [-0.25, -0.2) is 0 Å². The fourth-order valence-corrected chi connectivity index (χ4v) is 2.92. The van der Waals surface area contributed by atoms with E-state index in [1.807, 2.05) is 12.1 Å². The Labute approximate surface area is 118 Å². The monoisotopic (exact) mass is 327 g/mol. The lowest BCUT2D eigenvalue weighted by atomic mass is 10.2. The van der Waals surface area contributed by atoms with Gasteiger partial charge in [0.25, 0.3) is 0 Å². The van der Waals surface area contributed by atoms with Crippen LogP contribution in [0.1, 0.15) is 5.82 Å². The quantitative estimate of drug-likeness (QED) is 0.845. The average molecular weight is 328 g/mol. The number of aryl methyl sites for hydroxylation is 1. The third-order valence-corrected chi connectivity index (χ3v) is 3.93. The molecular weight excluding hydrogens is 314 g/mol. The maximum absolute atomic E-state index is 6.05. The van der Waals surface area contributed by atoms with Crippen molar-refractivity contribution in [1.29, 1.82) is 0 Å². The third kappa shape index (κ3) is 4.08. The molecule has 1 unspecified atom stereocenters. The molecule has 1 atom stereocenters. The summed E-state index contributed by atoms with van der Waals surface area (Å²) < 4.78 is 1.08. The number of hydrogen-bond acceptors (Lipinski definition) is 5. The molecule has 1 aromatic carbocycles. The molecule has 2 rings (SSSR count). The van der Waals surface area contributed by atoms with Crippen molar-refractivity contribution in [2.45, 2.75) is 17.4 Å². The summed E-state index contributed by atoms with van der Waals surface area (Å²) in [6.07, 6.45) is 0.648. The minimum absolute atomic E-state index is 0.0261. The Morgan fingerprint density at radius 3 is 3.00 bits per heavy atom. The summed E-state index contributed by atoms with van der Waals surface area (Å²) in [4.78, 5) is 2.65. The summed E-state index contributed by atoms with van der Waals surface area (Å²) in [7, 11) is 1.75. The first-order chi connectivity index (χ1) is 8.63. The Morgan fingerprint density at radius 1 is 1.50 bits per heavy atom. The molecule has 0 saturated carbocycles. The topological polar surface area (TPSA) is 69.6 Å². The normalized spacial score (nSPS) is 12.6. The number of tetrazole rings is 1. The van der Waals surface area contributed by atoms with E-state index < -0.39 is 0 Å². The summed E-state index contributed by atoms with van der Waals surface area (Å²) in [6.45, 7) is 0. The van der Waals surface area contributed by atoms with E-state index in [9.17, 15) is 0 Å². The lowest BCUT2D eigenvalue weighted by Gasteiger charge is -2.08. The second-order valence-corrected chi connectivity index (χ2v) is 5.94. The standard InChI is InChI=1S/C11H14BrN5S/c1-17-15-11(14-16-17)6-9(13)7-18-10-4-2-3-8(12)5-10/h2-5,9H,6-7,13H2,1H3. The molecule has 2 N–H and O–H groups in total. The van der Waals surface area contributed by atoms with E-state index >= 15 is 0 Å². The predicted octanol–water partition coefficient (Wildman–Crippen LogP) is 1.63. The lowest BCUT2D eigenvalue weighted by Crippen LogP contribution is -2.26. The lowest BCUT2D eigenvalue weighted by molar-refractivity contribution is 0.624. The fraction of sp³-hybridized carbons (Fsp3) is 0.364. The zero-order valence-corrected chi connectivity index (χ0v) is 12.4. The van der Waals surface area contributed by atoms with Crippen LogP contribution < -0.4 is 5.73 Å². The first-order valence-corrected chi connectivity index (χ1v) is 7.28. The molecule has 0 spiro atoms. The molecule has 2 aromatic rings. The van der Waals surface area contributed by atoms with Crippen molar-refractivity contribution in [2.75, 3.05) is 5.75 Å². The number of nitrogens with zero attached hydrogens (tertiary/aromatic N) is 4. The second kappa shape index (κ2) is 6.31. The van der Waals surface area contributed by atoms with E-state index in [2.05, 4.69) is 43.5 Å². The number of hydrogen-bond donors (Lipinski definition) is 1. The summed E-state index contributed by atoms with van der Waals surface area (Å²) in [5, 5.41) is 11.8. The van der Waals surface area contributed by atoms with Crippen molar-refractivity contribution in [3.63, 3.8) is 0 Å². The van der Waals surface area contributed by atoms with E-state index in [1.165, 1.54) is 9.69 Å². The first-order valence-electron chi connectivity index (χ1n) is 5.50. The summed E-state index contributed by atoms with van der Waals surface area (Å²) in [5.41, 5.74) is 6.05. The van der Waals surface area contributed by atoms with Gasteiger partial charge in [0.15, 0.2) is 5.82 Å². The maximum Gasteiger partial charge on any atom is 0.176 e. The largest absolute Gasteiger partial charge is 0.327 e. The van der Waals surface area contributed by atoms with Crippen molar-refractivity contribution < 1.29 is 0 Å². The fourth-order valence-electron chi connectivity index (χ4n) is 1.46. The molecule has 96 valence electrons. The molecular formula is C11H14BrN5S. The Bertz CT molecular complexity index is 516. The van der Waals surface area contributed by atoms with Crippen LogP contribution in [-0.4, -0.2) is 32.0 Å². The molecule has 0 bridgehead atoms. The summed E-state index contributed by atoms with van der Waals surface area (Å²) >= 11 is 5.18. The molecule has 5 nitrogen and oxygen atoms in total. The molecule has 7 heteroatoms.